The molecule has 0 saturated heterocycles. The monoisotopic (exact) mass is 224 g/mol. The molecule has 1 N–H and O–H groups in total. The van der Waals surface area contributed by atoms with E-state index in [2.05, 4.69) is 4.74 Å². The molecular formula is C9H14F2O4. The summed E-state index contributed by atoms with van der Waals surface area (Å²) in [6.45, 7) is 3.35. The van der Waals surface area contributed by atoms with Gasteiger partial charge in [-0.1, -0.05) is 6.92 Å². The van der Waals surface area contributed by atoms with Crippen LogP contribution in [0.25, 0.3) is 0 Å². The lowest BCUT2D eigenvalue weighted by atomic mass is 9.91. The molecular weight excluding hydrogens is 210 g/mol. The maximum Gasteiger partial charge on any atom is 0.378 e. The standard InChI is InChI=1S/C9H14F2O4/c1-4-8(2,3)7(14)15-5-9(10,11)6(12)13/h4-5H2,1-3H3,(H,12,13). The molecule has 0 bridgehead atoms. The first kappa shape index (κ1) is 13.8. The van der Waals surface area contributed by atoms with Gasteiger partial charge in [-0.25, -0.2) is 4.79 Å². The molecule has 0 rings (SSSR count). The molecule has 0 spiro atoms. The Kier molecular flexibility index (Phi) is 4.18. The van der Waals surface area contributed by atoms with Gasteiger partial charge in [0.2, 0.25) is 0 Å². The SMILES string of the molecule is CCC(C)(C)C(=O)OCC(F)(F)C(=O)O. The lowest BCUT2D eigenvalue weighted by molar-refractivity contribution is -0.181. The van der Waals surface area contributed by atoms with Gasteiger partial charge in [-0.05, 0) is 20.3 Å². The summed E-state index contributed by atoms with van der Waals surface area (Å²) in [5, 5.41) is 8.07. The predicted octanol–water partition coefficient (Wildman–Crippen LogP) is 1.69. The van der Waals surface area contributed by atoms with Crippen LogP contribution >= 0.6 is 0 Å². The summed E-state index contributed by atoms with van der Waals surface area (Å²) in [7, 11) is 0. The van der Waals surface area contributed by atoms with Crippen LogP contribution in [-0.2, 0) is 14.3 Å². The minimum Gasteiger partial charge on any atom is -0.477 e. The van der Waals surface area contributed by atoms with Gasteiger partial charge in [0, 0.05) is 0 Å². The zero-order chi connectivity index (χ0) is 12.3. The molecule has 0 aromatic heterocycles. The van der Waals surface area contributed by atoms with E-state index in [1.165, 1.54) is 13.8 Å². The summed E-state index contributed by atoms with van der Waals surface area (Å²) in [6.07, 6.45) is 0.421. The minimum atomic E-state index is -4.03. The fourth-order valence-corrected chi connectivity index (χ4v) is 0.558. The summed E-state index contributed by atoms with van der Waals surface area (Å²) in [5.74, 6) is -7.16. The van der Waals surface area contributed by atoms with E-state index in [1.54, 1.807) is 6.92 Å². The Hall–Kier alpha value is -1.20. The van der Waals surface area contributed by atoms with E-state index in [0.717, 1.165) is 0 Å². The molecule has 0 aliphatic carbocycles. The number of hydrogen-bond acceptors (Lipinski definition) is 3. The summed E-state index contributed by atoms with van der Waals surface area (Å²) in [4.78, 5) is 21.2. The van der Waals surface area contributed by atoms with Gasteiger partial charge < -0.3 is 9.84 Å². The molecule has 0 aliphatic rings. The Morgan fingerprint density at radius 1 is 1.33 bits per heavy atom. The van der Waals surface area contributed by atoms with Crippen molar-refractivity contribution in [2.45, 2.75) is 33.1 Å². The van der Waals surface area contributed by atoms with E-state index in [-0.39, 0.29) is 0 Å². The zero-order valence-electron chi connectivity index (χ0n) is 8.84. The molecule has 0 atom stereocenters. The van der Waals surface area contributed by atoms with Gasteiger partial charge in [0.1, 0.15) is 0 Å². The van der Waals surface area contributed by atoms with Crippen LogP contribution in [0.5, 0.6) is 0 Å². The molecule has 15 heavy (non-hydrogen) atoms. The molecule has 0 heterocycles. The van der Waals surface area contributed by atoms with E-state index in [1.807, 2.05) is 0 Å². The molecule has 0 radical (unpaired) electrons. The lowest BCUT2D eigenvalue weighted by Crippen LogP contribution is -2.37. The maximum atomic E-state index is 12.5. The topological polar surface area (TPSA) is 63.6 Å². The van der Waals surface area contributed by atoms with Gasteiger partial charge in [-0.15, -0.1) is 0 Å². The number of aliphatic carboxylic acids is 1. The number of rotatable bonds is 5. The van der Waals surface area contributed by atoms with Crippen LogP contribution in [0.3, 0.4) is 0 Å². The van der Waals surface area contributed by atoms with Crippen LogP contribution in [-0.4, -0.2) is 29.6 Å². The smallest absolute Gasteiger partial charge is 0.378 e. The lowest BCUT2D eigenvalue weighted by Gasteiger charge is -2.21. The average Bonchev–Trinajstić information content (AvgIpc) is 2.13. The van der Waals surface area contributed by atoms with Crippen LogP contribution in [0.1, 0.15) is 27.2 Å². The number of carboxylic acid groups (broad SMARTS) is 1. The molecule has 4 nitrogen and oxygen atoms in total. The van der Waals surface area contributed by atoms with E-state index in [0.29, 0.717) is 6.42 Å². The highest BCUT2D eigenvalue weighted by Gasteiger charge is 2.41. The number of alkyl halides is 2. The van der Waals surface area contributed by atoms with Gasteiger partial charge >= 0.3 is 17.9 Å². The van der Waals surface area contributed by atoms with Gasteiger partial charge in [-0.2, -0.15) is 8.78 Å². The highest BCUT2D eigenvalue weighted by atomic mass is 19.3. The Labute approximate surface area is 86.2 Å². The van der Waals surface area contributed by atoms with Crippen molar-refractivity contribution in [2.75, 3.05) is 6.61 Å². The first-order valence-corrected chi connectivity index (χ1v) is 4.42. The van der Waals surface area contributed by atoms with Crippen molar-refractivity contribution in [2.24, 2.45) is 5.41 Å². The van der Waals surface area contributed by atoms with Gasteiger partial charge in [0.25, 0.3) is 0 Å². The first-order valence-electron chi connectivity index (χ1n) is 4.42. The summed E-state index contributed by atoms with van der Waals surface area (Å²) in [5.41, 5.74) is -0.880. The van der Waals surface area contributed by atoms with Crippen molar-refractivity contribution in [1.82, 2.24) is 0 Å². The second kappa shape index (κ2) is 4.55. The van der Waals surface area contributed by atoms with E-state index in [9.17, 15) is 18.4 Å². The van der Waals surface area contributed by atoms with Crippen molar-refractivity contribution >= 4 is 11.9 Å². The quantitative estimate of drug-likeness (QED) is 0.722. The highest BCUT2D eigenvalue weighted by Crippen LogP contribution is 2.23. The van der Waals surface area contributed by atoms with Crippen LogP contribution in [0.4, 0.5) is 8.78 Å². The molecule has 0 fully saturated rings. The molecule has 6 heteroatoms. The molecule has 0 aliphatic heterocycles. The Morgan fingerprint density at radius 3 is 2.13 bits per heavy atom. The molecule has 0 aromatic carbocycles. The fourth-order valence-electron chi connectivity index (χ4n) is 0.558. The van der Waals surface area contributed by atoms with Crippen molar-refractivity contribution in [3.05, 3.63) is 0 Å². The third kappa shape index (κ3) is 3.81. The van der Waals surface area contributed by atoms with E-state index >= 15 is 0 Å². The Morgan fingerprint density at radius 2 is 1.80 bits per heavy atom. The summed E-state index contributed by atoms with van der Waals surface area (Å²) < 4.78 is 29.3. The largest absolute Gasteiger partial charge is 0.477 e. The Bertz CT molecular complexity index is 261. The fraction of sp³-hybridized carbons (Fsp3) is 0.778. The van der Waals surface area contributed by atoms with Crippen LogP contribution in [0.2, 0.25) is 0 Å². The number of carbonyl (C=O) groups excluding carboxylic acids is 1. The molecule has 0 amide bonds. The predicted molar refractivity (Wildman–Crippen MR) is 47.6 cm³/mol. The van der Waals surface area contributed by atoms with Crippen molar-refractivity contribution in [3.8, 4) is 0 Å². The number of ether oxygens (including phenoxy) is 1. The van der Waals surface area contributed by atoms with Crippen LogP contribution < -0.4 is 0 Å². The van der Waals surface area contributed by atoms with Crippen molar-refractivity contribution < 1.29 is 28.2 Å². The Balaban J connectivity index is 4.30. The third-order valence-electron chi connectivity index (χ3n) is 2.13. The van der Waals surface area contributed by atoms with Gasteiger partial charge in [0.15, 0.2) is 6.61 Å². The number of hydrogen-bond donors (Lipinski definition) is 1. The van der Waals surface area contributed by atoms with Crippen LogP contribution in [0.15, 0.2) is 0 Å². The second-order valence-electron chi connectivity index (χ2n) is 3.82. The first-order chi connectivity index (χ1) is 6.63. The molecule has 0 aromatic rings. The van der Waals surface area contributed by atoms with E-state index in [4.69, 9.17) is 5.11 Å². The van der Waals surface area contributed by atoms with Crippen LogP contribution in [0, 0.1) is 5.41 Å². The normalized spacial score (nSPS) is 12.3. The zero-order valence-corrected chi connectivity index (χ0v) is 8.84. The highest BCUT2D eigenvalue weighted by molar-refractivity contribution is 5.78. The van der Waals surface area contributed by atoms with E-state index < -0.39 is 29.9 Å². The molecule has 0 saturated carbocycles. The van der Waals surface area contributed by atoms with Gasteiger partial charge in [0.05, 0.1) is 5.41 Å². The second-order valence-corrected chi connectivity index (χ2v) is 3.82. The number of carboxylic acids is 1. The maximum absolute atomic E-state index is 12.5. The third-order valence-corrected chi connectivity index (χ3v) is 2.13. The number of esters is 1. The summed E-state index contributed by atoms with van der Waals surface area (Å²) in [6, 6.07) is 0. The van der Waals surface area contributed by atoms with Crippen molar-refractivity contribution in [1.29, 1.82) is 0 Å². The molecule has 0 unspecified atom stereocenters. The van der Waals surface area contributed by atoms with Crippen molar-refractivity contribution in [3.63, 3.8) is 0 Å². The summed E-state index contributed by atoms with van der Waals surface area (Å²) >= 11 is 0. The number of carbonyl (C=O) groups is 2. The average molecular weight is 224 g/mol. The number of halogens is 2. The van der Waals surface area contributed by atoms with Gasteiger partial charge in [-0.3, -0.25) is 4.79 Å². The molecule has 88 valence electrons. The minimum absolute atomic E-state index is 0.421.